The van der Waals surface area contributed by atoms with Crippen molar-refractivity contribution in [1.82, 2.24) is 10.6 Å². The normalized spacial score (nSPS) is 16.8. The number of Topliss-reactive ketones (excluding diaryl/α,β-unsaturated/α-hetero) is 1. The number of rotatable bonds is 13. The molecule has 3 amide bonds. The lowest BCUT2D eigenvalue weighted by Crippen LogP contribution is -2.43. The van der Waals surface area contributed by atoms with Gasteiger partial charge >= 0.3 is 12.0 Å². The minimum atomic E-state index is -1.14. The summed E-state index contributed by atoms with van der Waals surface area (Å²) in [6.45, 7) is 5.39. The number of ether oxygens (including phenoxy) is 1. The lowest BCUT2D eigenvalue weighted by molar-refractivity contribution is -0.142. The van der Waals surface area contributed by atoms with E-state index < -0.39 is 30.1 Å². The quantitative estimate of drug-likeness (QED) is 0.252. The first-order valence-corrected chi connectivity index (χ1v) is 12.8. The van der Waals surface area contributed by atoms with Crippen LogP contribution in [0.5, 0.6) is 5.75 Å². The number of aryl methyl sites for hydroxylation is 1. The average Bonchev–Trinajstić information content (AvgIpc) is 3.24. The van der Waals surface area contributed by atoms with Crippen molar-refractivity contribution in [1.29, 1.82) is 0 Å². The number of carbonyl (C=O) groups is 4. The fourth-order valence-electron chi connectivity index (χ4n) is 4.22. The number of nitrogens with zero attached hydrogens (tertiary/aromatic N) is 1. The molecule has 0 saturated heterocycles. The van der Waals surface area contributed by atoms with Crippen LogP contribution in [-0.2, 0) is 25.6 Å². The summed E-state index contributed by atoms with van der Waals surface area (Å²) in [5, 5.41) is 24.4. The van der Waals surface area contributed by atoms with Crippen molar-refractivity contribution >= 4 is 40.8 Å². The van der Waals surface area contributed by atoms with Gasteiger partial charge in [0.05, 0.1) is 25.1 Å². The van der Waals surface area contributed by atoms with Gasteiger partial charge in [-0.05, 0) is 36.2 Å². The van der Waals surface area contributed by atoms with E-state index in [0.717, 1.165) is 11.1 Å². The molecule has 2 aromatic carbocycles. The van der Waals surface area contributed by atoms with Crippen LogP contribution in [-0.4, -0.2) is 66.9 Å². The van der Waals surface area contributed by atoms with E-state index in [1.165, 1.54) is 14.0 Å². The van der Waals surface area contributed by atoms with Crippen LogP contribution in [0.25, 0.3) is 0 Å². The number of nitrogens with one attached hydrogen (secondary N) is 4. The predicted molar refractivity (Wildman–Crippen MR) is 150 cm³/mol. The van der Waals surface area contributed by atoms with Crippen molar-refractivity contribution in [3.05, 3.63) is 53.6 Å². The molecule has 5 N–H and O–H groups in total. The van der Waals surface area contributed by atoms with E-state index in [1.807, 2.05) is 38.1 Å². The molecule has 12 nitrogen and oxygen atoms in total. The van der Waals surface area contributed by atoms with Crippen LogP contribution >= 0.6 is 0 Å². The highest BCUT2D eigenvalue weighted by Crippen LogP contribution is 2.26. The third-order valence-electron chi connectivity index (χ3n) is 6.47. The average molecular weight is 554 g/mol. The number of carboxylic acid groups (broad SMARTS) is 1. The highest BCUT2D eigenvalue weighted by atomic mass is 16.6. The molecule has 0 aliphatic carbocycles. The highest BCUT2D eigenvalue weighted by molar-refractivity contribution is 6.01. The van der Waals surface area contributed by atoms with Crippen molar-refractivity contribution < 1.29 is 33.9 Å². The first kappa shape index (κ1) is 30.1. The number of oxime groups is 1. The van der Waals surface area contributed by atoms with Crippen molar-refractivity contribution in [2.45, 2.75) is 45.8 Å². The number of urea groups is 1. The Morgan fingerprint density at radius 3 is 2.50 bits per heavy atom. The SMILES string of the molecule is COc1cc(CC(=O)CNCC2=NOC(CC(NC(C)=O)C(=O)O)C2C)ccc1NC(=O)Nc1ccccc1C. The first-order valence-electron chi connectivity index (χ1n) is 12.8. The van der Waals surface area contributed by atoms with Gasteiger partial charge in [-0.25, -0.2) is 9.59 Å². The Labute approximate surface area is 232 Å². The summed E-state index contributed by atoms with van der Waals surface area (Å²) in [5.74, 6) is -1.42. The van der Waals surface area contributed by atoms with Crippen molar-refractivity contribution in [3.63, 3.8) is 0 Å². The summed E-state index contributed by atoms with van der Waals surface area (Å²) >= 11 is 0. The Balaban J connectivity index is 1.47. The molecule has 0 aromatic heterocycles. The zero-order valence-corrected chi connectivity index (χ0v) is 22.9. The lowest BCUT2D eigenvalue weighted by atomic mass is 9.94. The number of amides is 3. The van der Waals surface area contributed by atoms with Gasteiger partial charge < -0.3 is 35.9 Å². The Morgan fingerprint density at radius 2 is 1.82 bits per heavy atom. The molecule has 40 heavy (non-hydrogen) atoms. The molecule has 0 bridgehead atoms. The van der Waals surface area contributed by atoms with E-state index in [0.29, 0.717) is 29.4 Å². The second-order valence-electron chi connectivity index (χ2n) is 9.59. The van der Waals surface area contributed by atoms with Crippen LogP contribution in [0.3, 0.4) is 0 Å². The predicted octanol–water partition coefficient (Wildman–Crippen LogP) is 2.72. The molecular formula is C28H35N5O7. The van der Waals surface area contributed by atoms with E-state index in [2.05, 4.69) is 26.4 Å². The van der Waals surface area contributed by atoms with Crippen molar-refractivity contribution in [3.8, 4) is 5.75 Å². The minimum absolute atomic E-state index is 0.0691. The molecular weight excluding hydrogens is 518 g/mol. The largest absolute Gasteiger partial charge is 0.495 e. The van der Waals surface area contributed by atoms with Crippen molar-refractivity contribution in [2.24, 2.45) is 11.1 Å². The molecule has 3 atom stereocenters. The molecule has 0 fully saturated rings. The Bertz CT molecular complexity index is 1280. The highest BCUT2D eigenvalue weighted by Gasteiger charge is 2.34. The van der Waals surface area contributed by atoms with Gasteiger partial charge in [0.15, 0.2) is 5.78 Å². The third-order valence-corrected chi connectivity index (χ3v) is 6.47. The smallest absolute Gasteiger partial charge is 0.326 e. The van der Waals surface area contributed by atoms with Gasteiger partial charge in [0.25, 0.3) is 0 Å². The number of methoxy groups -OCH3 is 1. The summed E-state index contributed by atoms with van der Waals surface area (Å²) in [6.07, 6.45) is -0.279. The fourth-order valence-corrected chi connectivity index (χ4v) is 4.22. The maximum Gasteiger partial charge on any atom is 0.326 e. The standard InChI is InChI=1S/C28H35N5O7/c1-16-7-5-6-8-21(16)31-28(38)32-22-10-9-19(12-26(22)39-4)11-20(35)14-29-15-24-17(2)25(40-33-24)13-23(27(36)37)30-18(3)34/h5-10,12,17,23,25,29H,11,13-15H2,1-4H3,(H,30,34)(H,36,37)(H2,31,32,38). The van der Waals surface area contributed by atoms with E-state index in [4.69, 9.17) is 9.57 Å². The monoisotopic (exact) mass is 553 g/mol. The molecule has 1 aliphatic rings. The zero-order chi connectivity index (χ0) is 29.2. The molecule has 3 unspecified atom stereocenters. The first-order chi connectivity index (χ1) is 19.1. The Morgan fingerprint density at radius 1 is 1.10 bits per heavy atom. The number of hydrogen-bond acceptors (Lipinski definition) is 8. The Hall–Kier alpha value is -4.45. The van der Waals surface area contributed by atoms with Crippen LogP contribution in [0, 0.1) is 12.8 Å². The van der Waals surface area contributed by atoms with Gasteiger partial charge in [-0.15, -0.1) is 0 Å². The minimum Gasteiger partial charge on any atom is -0.495 e. The number of hydrogen-bond donors (Lipinski definition) is 5. The summed E-state index contributed by atoms with van der Waals surface area (Å²) in [6, 6.07) is 11.1. The van der Waals surface area contributed by atoms with E-state index >= 15 is 0 Å². The van der Waals surface area contributed by atoms with Gasteiger partial charge in [-0.3, -0.25) is 9.59 Å². The van der Waals surface area contributed by atoms with Crippen molar-refractivity contribution in [2.75, 3.05) is 30.8 Å². The summed E-state index contributed by atoms with van der Waals surface area (Å²) in [5.41, 5.74) is 3.48. The maximum absolute atomic E-state index is 12.6. The van der Waals surface area contributed by atoms with E-state index in [-0.39, 0.29) is 31.1 Å². The van der Waals surface area contributed by atoms with E-state index in [9.17, 15) is 24.3 Å². The van der Waals surface area contributed by atoms with Gasteiger partial charge in [0.1, 0.15) is 17.9 Å². The summed E-state index contributed by atoms with van der Waals surface area (Å²) in [4.78, 5) is 53.1. The molecule has 0 radical (unpaired) electrons. The number of benzene rings is 2. The topological polar surface area (TPSA) is 167 Å². The molecule has 1 aliphatic heterocycles. The molecule has 2 aromatic rings. The van der Waals surface area contributed by atoms with Gasteiger partial charge in [-0.1, -0.05) is 36.3 Å². The van der Waals surface area contributed by atoms with E-state index in [1.54, 1.807) is 18.2 Å². The summed E-state index contributed by atoms with van der Waals surface area (Å²) < 4.78 is 5.42. The zero-order valence-electron chi connectivity index (χ0n) is 22.9. The second-order valence-corrected chi connectivity index (χ2v) is 9.59. The third kappa shape index (κ3) is 8.53. The van der Waals surface area contributed by atoms with Crippen LogP contribution in [0.4, 0.5) is 16.2 Å². The van der Waals surface area contributed by atoms with Crippen LogP contribution in [0.1, 0.15) is 31.4 Å². The Kier molecular flexibility index (Phi) is 10.6. The van der Waals surface area contributed by atoms with Crippen LogP contribution < -0.4 is 26.0 Å². The molecule has 3 rings (SSSR count). The number of carbonyl (C=O) groups excluding carboxylic acids is 3. The van der Waals surface area contributed by atoms with Gasteiger partial charge in [0, 0.05) is 37.9 Å². The number of para-hydroxylation sites is 1. The second kappa shape index (κ2) is 14.1. The van der Waals surface area contributed by atoms with Crippen LogP contribution in [0.2, 0.25) is 0 Å². The molecule has 214 valence electrons. The van der Waals surface area contributed by atoms with Crippen LogP contribution in [0.15, 0.2) is 47.6 Å². The molecule has 0 saturated carbocycles. The summed E-state index contributed by atoms with van der Waals surface area (Å²) in [7, 11) is 1.49. The van der Waals surface area contributed by atoms with Gasteiger partial charge in [-0.2, -0.15) is 0 Å². The maximum atomic E-state index is 12.6. The lowest BCUT2D eigenvalue weighted by Gasteiger charge is -2.19. The number of ketones is 1. The molecule has 1 heterocycles. The number of anilines is 2. The molecule has 12 heteroatoms. The number of aliphatic carboxylic acids is 1. The number of carboxylic acids is 1. The van der Waals surface area contributed by atoms with Gasteiger partial charge in [0.2, 0.25) is 5.91 Å². The molecule has 0 spiro atoms. The fraction of sp³-hybridized carbons (Fsp3) is 0.393.